The first-order valence-corrected chi connectivity index (χ1v) is 7.15. The normalized spacial score (nSPS) is 29.2. The van der Waals surface area contributed by atoms with Crippen molar-refractivity contribution in [3.8, 4) is 0 Å². The van der Waals surface area contributed by atoms with Crippen molar-refractivity contribution in [1.82, 2.24) is 0 Å². The molecule has 0 amide bonds. The Labute approximate surface area is 117 Å². The van der Waals surface area contributed by atoms with Gasteiger partial charge in [-0.25, -0.2) is 0 Å². The average Bonchev–Trinajstić information content (AvgIpc) is 2.40. The Morgan fingerprint density at radius 2 is 1.75 bits per heavy atom. The number of alkyl halides is 3. The van der Waals surface area contributed by atoms with E-state index < -0.39 is 17.8 Å². The smallest absolute Gasteiger partial charge is 0.388 e. The summed E-state index contributed by atoms with van der Waals surface area (Å²) >= 11 is 0. The van der Waals surface area contributed by atoms with E-state index in [4.69, 9.17) is 0 Å². The summed E-state index contributed by atoms with van der Waals surface area (Å²) in [6.07, 6.45) is -2.89. The molecule has 0 spiro atoms. The van der Waals surface area contributed by atoms with Crippen LogP contribution in [0.25, 0.3) is 0 Å². The molecule has 0 heterocycles. The summed E-state index contributed by atoms with van der Waals surface area (Å²) in [7, 11) is 0. The number of hydrogen-bond acceptors (Lipinski definition) is 1. The second kappa shape index (κ2) is 5.76. The zero-order chi connectivity index (χ0) is 14.9. The van der Waals surface area contributed by atoms with Gasteiger partial charge in [-0.1, -0.05) is 38.5 Å². The van der Waals surface area contributed by atoms with Crippen LogP contribution in [0.15, 0.2) is 24.3 Å². The molecule has 0 saturated heterocycles. The summed E-state index contributed by atoms with van der Waals surface area (Å²) < 4.78 is 39.0. The van der Waals surface area contributed by atoms with Gasteiger partial charge in [-0.2, -0.15) is 13.2 Å². The molecule has 112 valence electrons. The standard InChI is InChI=1S/C16H21F3O/c1-10-7-8-12(9-11(10)2)15(20)13-5-3-4-6-14(13)16(17,18)19/h3-6,10-12,15,20H,7-9H2,1-2H3. The third-order valence-corrected chi connectivity index (χ3v) is 4.67. The highest BCUT2D eigenvalue weighted by atomic mass is 19.4. The highest BCUT2D eigenvalue weighted by molar-refractivity contribution is 5.32. The Kier molecular flexibility index (Phi) is 4.43. The lowest BCUT2D eigenvalue weighted by Gasteiger charge is -2.35. The van der Waals surface area contributed by atoms with Crippen LogP contribution in [0.5, 0.6) is 0 Å². The van der Waals surface area contributed by atoms with Crippen LogP contribution in [0.1, 0.15) is 50.3 Å². The van der Waals surface area contributed by atoms with Gasteiger partial charge in [0, 0.05) is 0 Å². The Morgan fingerprint density at radius 3 is 2.35 bits per heavy atom. The van der Waals surface area contributed by atoms with Crippen molar-refractivity contribution in [2.45, 2.75) is 45.4 Å². The van der Waals surface area contributed by atoms with E-state index in [1.54, 1.807) is 6.07 Å². The maximum Gasteiger partial charge on any atom is 0.416 e. The molecular formula is C16H21F3O. The van der Waals surface area contributed by atoms with Crippen molar-refractivity contribution >= 4 is 0 Å². The van der Waals surface area contributed by atoms with Gasteiger partial charge in [-0.15, -0.1) is 0 Å². The molecule has 1 aromatic rings. The molecule has 1 saturated carbocycles. The first-order chi connectivity index (χ1) is 9.30. The van der Waals surface area contributed by atoms with Gasteiger partial charge in [0.1, 0.15) is 0 Å². The maximum absolute atomic E-state index is 13.0. The molecule has 0 radical (unpaired) electrons. The van der Waals surface area contributed by atoms with Gasteiger partial charge in [0.05, 0.1) is 11.7 Å². The molecule has 1 aromatic carbocycles. The molecule has 4 atom stereocenters. The Hall–Kier alpha value is -1.03. The first kappa shape index (κ1) is 15.4. The van der Waals surface area contributed by atoms with Gasteiger partial charge in [-0.05, 0) is 42.2 Å². The van der Waals surface area contributed by atoms with Crippen LogP contribution in [0, 0.1) is 17.8 Å². The van der Waals surface area contributed by atoms with Crippen LogP contribution in [0.2, 0.25) is 0 Å². The minimum atomic E-state index is -4.41. The highest BCUT2D eigenvalue weighted by Gasteiger charge is 2.37. The molecule has 0 aliphatic heterocycles. The molecule has 1 fully saturated rings. The summed E-state index contributed by atoms with van der Waals surface area (Å²) in [6.45, 7) is 4.27. The zero-order valence-corrected chi connectivity index (χ0v) is 11.8. The largest absolute Gasteiger partial charge is 0.416 e. The fourth-order valence-corrected chi connectivity index (χ4v) is 3.14. The van der Waals surface area contributed by atoms with Gasteiger partial charge in [0.25, 0.3) is 0 Å². The quantitative estimate of drug-likeness (QED) is 0.827. The highest BCUT2D eigenvalue weighted by Crippen LogP contribution is 2.43. The number of benzene rings is 1. The van der Waals surface area contributed by atoms with Crippen molar-refractivity contribution in [3.63, 3.8) is 0 Å². The summed E-state index contributed by atoms with van der Waals surface area (Å²) in [6, 6.07) is 5.37. The summed E-state index contributed by atoms with van der Waals surface area (Å²) in [5.74, 6) is 0.947. The van der Waals surface area contributed by atoms with Crippen LogP contribution >= 0.6 is 0 Å². The Morgan fingerprint density at radius 1 is 1.10 bits per heavy atom. The first-order valence-electron chi connectivity index (χ1n) is 7.15. The molecule has 0 bridgehead atoms. The molecule has 1 N–H and O–H groups in total. The number of rotatable bonds is 2. The van der Waals surface area contributed by atoms with Gasteiger partial charge >= 0.3 is 6.18 Å². The lowest BCUT2D eigenvalue weighted by molar-refractivity contribution is -0.139. The minimum Gasteiger partial charge on any atom is -0.388 e. The van der Waals surface area contributed by atoms with Gasteiger partial charge in [0.2, 0.25) is 0 Å². The topological polar surface area (TPSA) is 20.2 Å². The predicted molar refractivity (Wildman–Crippen MR) is 72.1 cm³/mol. The van der Waals surface area contributed by atoms with Gasteiger partial charge < -0.3 is 5.11 Å². The van der Waals surface area contributed by atoms with Crippen LogP contribution < -0.4 is 0 Å². The summed E-state index contributed by atoms with van der Waals surface area (Å²) in [5, 5.41) is 10.4. The molecule has 4 unspecified atom stereocenters. The monoisotopic (exact) mass is 286 g/mol. The number of aliphatic hydroxyl groups is 1. The molecule has 1 aliphatic carbocycles. The van der Waals surface area contributed by atoms with Gasteiger partial charge in [0.15, 0.2) is 0 Å². The third-order valence-electron chi connectivity index (χ3n) is 4.67. The van der Waals surface area contributed by atoms with Gasteiger partial charge in [-0.3, -0.25) is 0 Å². The average molecular weight is 286 g/mol. The fourth-order valence-electron chi connectivity index (χ4n) is 3.14. The van der Waals surface area contributed by atoms with E-state index in [2.05, 4.69) is 13.8 Å². The second-order valence-corrected chi connectivity index (χ2v) is 6.06. The number of aliphatic hydroxyl groups excluding tert-OH is 1. The Bertz CT molecular complexity index is 455. The summed E-state index contributed by atoms with van der Waals surface area (Å²) in [5.41, 5.74) is -0.689. The number of hydrogen-bond donors (Lipinski definition) is 1. The zero-order valence-electron chi connectivity index (χ0n) is 11.8. The molecule has 1 aliphatic rings. The molecular weight excluding hydrogens is 265 g/mol. The predicted octanol–water partition coefficient (Wildman–Crippen LogP) is 4.81. The van der Waals surface area contributed by atoms with E-state index in [1.807, 2.05) is 0 Å². The van der Waals surface area contributed by atoms with Crippen LogP contribution in [-0.2, 0) is 6.18 Å². The molecule has 20 heavy (non-hydrogen) atoms. The molecule has 2 rings (SSSR count). The van der Waals surface area contributed by atoms with Crippen molar-refractivity contribution < 1.29 is 18.3 Å². The van der Waals surface area contributed by atoms with E-state index in [1.165, 1.54) is 12.1 Å². The lowest BCUT2D eigenvalue weighted by Crippen LogP contribution is -2.26. The SMILES string of the molecule is CC1CCC(C(O)c2ccccc2C(F)(F)F)CC1C. The van der Waals surface area contributed by atoms with E-state index in [0.29, 0.717) is 11.8 Å². The Balaban J connectivity index is 2.24. The number of halogens is 3. The van der Waals surface area contributed by atoms with Crippen LogP contribution in [0.4, 0.5) is 13.2 Å². The van der Waals surface area contributed by atoms with E-state index >= 15 is 0 Å². The van der Waals surface area contributed by atoms with E-state index in [0.717, 1.165) is 25.3 Å². The molecule has 4 heteroatoms. The van der Waals surface area contributed by atoms with Crippen molar-refractivity contribution in [1.29, 1.82) is 0 Å². The molecule has 0 aromatic heterocycles. The van der Waals surface area contributed by atoms with Crippen molar-refractivity contribution in [2.75, 3.05) is 0 Å². The molecule has 1 nitrogen and oxygen atoms in total. The van der Waals surface area contributed by atoms with E-state index in [9.17, 15) is 18.3 Å². The van der Waals surface area contributed by atoms with Crippen LogP contribution in [-0.4, -0.2) is 5.11 Å². The summed E-state index contributed by atoms with van der Waals surface area (Å²) in [4.78, 5) is 0. The van der Waals surface area contributed by atoms with Crippen molar-refractivity contribution in [2.24, 2.45) is 17.8 Å². The van der Waals surface area contributed by atoms with Crippen molar-refractivity contribution in [3.05, 3.63) is 35.4 Å². The maximum atomic E-state index is 13.0. The fraction of sp³-hybridized carbons (Fsp3) is 0.625. The third kappa shape index (κ3) is 3.17. The second-order valence-electron chi connectivity index (χ2n) is 6.06. The van der Waals surface area contributed by atoms with E-state index in [-0.39, 0.29) is 11.5 Å². The van der Waals surface area contributed by atoms with Crippen LogP contribution in [0.3, 0.4) is 0 Å². The minimum absolute atomic E-state index is 0.0201. The lowest BCUT2D eigenvalue weighted by atomic mass is 9.72.